The van der Waals surface area contributed by atoms with Gasteiger partial charge in [-0.15, -0.1) is 0 Å². The van der Waals surface area contributed by atoms with Crippen molar-refractivity contribution in [3.63, 3.8) is 0 Å². The first-order chi connectivity index (χ1) is 16.6. The topological polar surface area (TPSA) is 21.7 Å². The molecule has 0 spiro atoms. The lowest BCUT2D eigenvalue weighted by Gasteiger charge is -2.30. The molecule has 0 aromatic heterocycles. The van der Waals surface area contributed by atoms with Gasteiger partial charge in [0.25, 0.3) is 0 Å². The quantitative estimate of drug-likeness (QED) is 0.334. The predicted molar refractivity (Wildman–Crippen MR) is 141 cm³/mol. The van der Waals surface area contributed by atoms with Gasteiger partial charge in [0.15, 0.2) is 0 Å². The van der Waals surface area contributed by atoms with Crippen LogP contribution in [-0.4, -0.2) is 25.7 Å². The van der Waals surface area contributed by atoms with E-state index in [1.165, 1.54) is 5.30 Å². The van der Waals surface area contributed by atoms with Gasteiger partial charge in [-0.3, -0.25) is 0 Å². The molecule has 0 N–H and O–H groups in total. The second kappa shape index (κ2) is 10.5. The average Bonchev–Trinajstić information content (AvgIpc) is 3.25. The zero-order valence-electron chi connectivity index (χ0n) is 21.3. The summed E-state index contributed by atoms with van der Waals surface area (Å²) in [4.78, 5) is 2.14. The van der Waals surface area contributed by atoms with E-state index < -0.39 is 19.7 Å². The van der Waals surface area contributed by atoms with Crippen molar-refractivity contribution in [2.45, 2.75) is 46.0 Å². The van der Waals surface area contributed by atoms with Crippen LogP contribution < -0.4 is 19.7 Å². The fourth-order valence-corrected chi connectivity index (χ4v) is 7.02. The number of hydrogen-bond donors (Lipinski definition) is 0. The normalized spacial score (nSPS) is 15.3. The lowest BCUT2D eigenvalue weighted by Crippen LogP contribution is -2.20. The lowest BCUT2D eigenvalue weighted by atomic mass is 10.0. The molecule has 0 saturated heterocycles. The van der Waals surface area contributed by atoms with Gasteiger partial charge in [0, 0.05) is 23.0 Å². The summed E-state index contributed by atoms with van der Waals surface area (Å²) in [6.07, 6.45) is -3.62. The van der Waals surface area contributed by atoms with E-state index in [-0.39, 0.29) is 5.16 Å². The first-order valence-electron chi connectivity index (χ1n) is 11.6. The molecule has 1 atom stereocenters. The molecule has 4 rings (SSSR count). The molecule has 1 aliphatic rings. The monoisotopic (exact) mass is 503 g/mol. The molecule has 188 valence electrons. The van der Waals surface area contributed by atoms with Crippen LogP contribution in [0.1, 0.15) is 40.2 Å². The molecule has 0 aliphatic carbocycles. The summed E-state index contributed by atoms with van der Waals surface area (Å²) in [5.41, 5.74) is 3.06. The lowest BCUT2D eigenvalue weighted by molar-refractivity contribution is -0.137. The maximum Gasteiger partial charge on any atom is 0.416 e. The number of alkyl halides is 3. The Hall–Kier alpha value is -2.72. The zero-order chi connectivity index (χ0) is 26.0. The molecule has 7 heteroatoms. The van der Waals surface area contributed by atoms with Crippen molar-refractivity contribution in [3.8, 4) is 22.6 Å². The fourth-order valence-electron chi connectivity index (χ4n) is 4.24. The van der Waals surface area contributed by atoms with Crippen LogP contribution >= 0.6 is 7.92 Å². The van der Waals surface area contributed by atoms with Crippen LogP contribution in [0.15, 0.2) is 60.7 Å². The smallest absolute Gasteiger partial charge is 0.416 e. The highest BCUT2D eigenvalue weighted by Gasteiger charge is 2.39. The first kappa shape index (κ1) is 26.9. The summed E-state index contributed by atoms with van der Waals surface area (Å²) in [6, 6.07) is 17.3. The number of rotatable bonds is 4. The van der Waals surface area contributed by atoms with Crippen molar-refractivity contribution in [3.05, 3.63) is 66.2 Å². The second-order valence-electron chi connectivity index (χ2n) is 8.92. The minimum Gasteiger partial charge on any atom is -0.496 e. The van der Waals surface area contributed by atoms with Crippen molar-refractivity contribution in [2.75, 3.05) is 25.4 Å². The molecule has 1 aliphatic heterocycles. The van der Waals surface area contributed by atoms with E-state index in [0.29, 0.717) is 0 Å². The van der Waals surface area contributed by atoms with Crippen molar-refractivity contribution in [1.29, 1.82) is 0 Å². The van der Waals surface area contributed by atoms with E-state index in [2.05, 4.69) is 31.7 Å². The van der Waals surface area contributed by atoms with Gasteiger partial charge in [-0.1, -0.05) is 52.8 Å². The molecule has 0 fully saturated rings. The van der Waals surface area contributed by atoms with Gasteiger partial charge in [0.2, 0.25) is 0 Å². The van der Waals surface area contributed by atoms with Crippen molar-refractivity contribution >= 4 is 24.6 Å². The standard InChI is InChI=1S/C26H27F3NO2P.C2H6/c1-25(2,3)33-16-30(18-14-12-17(13-15-18)26(27,28)29)20-9-6-8-19(24(20)33)23-21(31-4)10-7-11-22(23)32-5;1-2/h6-15H,16H2,1-5H3;1-2H3. The third-order valence-corrected chi connectivity index (χ3v) is 9.07. The van der Waals surface area contributed by atoms with Crippen LogP contribution in [0.5, 0.6) is 11.5 Å². The number of fused-ring (bicyclic) bond motifs is 1. The Balaban J connectivity index is 0.00000167. The molecule has 35 heavy (non-hydrogen) atoms. The molecule has 0 saturated carbocycles. The Morgan fingerprint density at radius 3 is 1.83 bits per heavy atom. The average molecular weight is 504 g/mol. The summed E-state index contributed by atoms with van der Waals surface area (Å²) in [5.74, 6) is 1.44. The molecule has 1 heterocycles. The van der Waals surface area contributed by atoms with E-state index in [1.54, 1.807) is 26.4 Å². The SMILES string of the molecule is CC.COc1cccc(OC)c1-c1cccc2c1P(C(C)(C)C)CN2c1ccc(C(F)(F)F)cc1. The number of halogens is 3. The third-order valence-electron chi connectivity index (χ3n) is 5.87. The highest BCUT2D eigenvalue weighted by Crippen LogP contribution is 2.59. The maximum absolute atomic E-state index is 13.1. The van der Waals surface area contributed by atoms with E-state index in [1.807, 2.05) is 44.2 Å². The summed E-state index contributed by atoms with van der Waals surface area (Å²) in [6.45, 7) is 10.7. The predicted octanol–water partition coefficient (Wildman–Crippen LogP) is 8.43. The highest BCUT2D eigenvalue weighted by molar-refractivity contribution is 7.68. The molecule has 0 bridgehead atoms. The van der Waals surface area contributed by atoms with Gasteiger partial charge in [0.05, 0.1) is 25.3 Å². The van der Waals surface area contributed by atoms with Crippen LogP contribution in [0.4, 0.5) is 24.5 Å². The van der Waals surface area contributed by atoms with Crippen LogP contribution in [-0.2, 0) is 6.18 Å². The molecular formula is C28H33F3NO2P. The summed E-state index contributed by atoms with van der Waals surface area (Å²) in [7, 11) is 2.60. The number of nitrogens with zero attached hydrogens (tertiary/aromatic N) is 1. The first-order valence-corrected chi connectivity index (χ1v) is 13.2. The molecule has 3 nitrogen and oxygen atoms in total. The van der Waals surface area contributed by atoms with Gasteiger partial charge >= 0.3 is 6.18 Å². The summed E-state index contributed by atoms with van der Waals surface area (Å²) < 4.78 is 50.7. The largest absolute Gasteiger partial charge is 0.496 e. The number of hydrogen-bond acceptors (Lipinski definition) is 3. The fraction of sp³-hybridized carbons (Fsp3) is 0.357. The Morgan fingerprint density at radius 1 is 0.800 bits per heavy atom. The molecular weight excluding hydrogens is 470 g/mol. The summed E-state index contributed by atoms with van der Waals surface area (Å²) >= 11 is 0. The van der Waals surface area contributed by atoms with E-state index in [9.17, 15) is 13.2 Å². The number of methoxy groups -OCH3 is 2. The van der Waals surface area contributed by atoms with Gasteiger partial charge in [-0.2, -0.15) is 13.2 Å². The Labute approximate surface area is 207 Å². The molecule has 0 radical (unpaired) electrons. The Kier molecular flexibility index (Phi) is 8.06. The Bertz CT molecular complexity index is 1130. The number of ether oxygens (including phenoxy) is 2. The van der Waals surface area contributed by atoms with Crippen molar-refractivity contribution in [2.24, 2.45) is 0 Å². The van der Waals surface area contributed by atoms with Crippen molar-refractivity contribution in [1.82, 2.24) is 0 Å². The third kappa shape index (κ3) is 5.28. The number of benzene rings is 3. The van der Waals surface area contributed by atoms with Gasteiger partial charge in [-0.25, -0.2) is 0 Å². The minimum absolute atomic E-state index is 0.0178. The molecule has 1 unspecified atom stereocenters. The molecule has 0 amide bonds. The van der Waals surface area contributed by atoms with Crippen LogP contribution in [0.2, 0.25) is 0 Å². The Morgan fingerprint density at radius 2 is 1.34 bits per heavy atom. The van der Waals surface area contributed by atoms with Gasteiger partial charge in [0.1, 0.15) is 11.5 Å². The van der Waals surface area contributed by atoms with E-state index >= 15 is 0 Å². The van der Waals surface area contributed by atoms with Crippen LogP contribution in [0.3, 0.4) is 0 Å². The molecule has 3 aromatic carbocycles. The highest BCUT2D eigenvalue weighted by atomic mass is 31.1. The van der Waals surface area contributed by atoms with Crippen LogP contribution in [0.25, 0.3) is 11.1 Å². The van der Waals surface area contributed by atoms with E-state index in [0.717, 1.165) is 52.4 Å². The van der Waals surface area contributed by atoms with Crippen molar-refractivity contribution < 1.29 is 22.6 Å². The number of anilines is 2. The minimum atomic E-state index is -4.35. The van der Waals surface area contributed by atoms with E-state index in [4.69, 9.17) is 9.47 Å². The van der Waals surface area contributed by atoms with Gasteiger partial charge in [-0.05, 0) is 61.1 Å². The maximum atomic E-state index is 13.1. The van der Waals surface area contributed by atoms with Gasteiger partial charge < -0.3 is 14.4 Å². The zero-order valence-corrected chi connectivity index (χ0v) is 22.2. The van der Waals surface area contributed by atoms with Crippen LogP contribution in [0, 0.1) is 0 Å². The molecule has 3 aromatic rings. The summed E-state index contributed by atoms with van der Waals surface area (Å²) in [5, 5.41) is 1.19. The second-order valence-corrected chi connectivity index (χ2v) is 11.9.